The highest BCUT2D eigenvalue weighted by Crippen LogP contribution is 2.12. The fourth-order valence-electron chi connectivity index (χ4n) is 1.34. The highest BCUT2D eigenvalue weighted by Gasteiger charge is 2.06. The summed E-state index contributed by atoms with van der Waals surface area (Å²) >= 11 is 0. The van der Waals surface area contributed by atoms with Gasteiger partial charge in [-0.15, -0.1) is 4.98 Å². The van der Waals surface area contributed by atoms with E-state index in [4.69, 9.17) is 14.6 Å². The fraction of sp³-hybridized carbons (Fsp3) is 0.727. The van der Waals surface area contributed by atoms with Crippen LogP contribution in [0.1, 0.15) is 19.8 Å². The van der Waals surface area contributed by atoms with Gasteiger partial charge in [0.25, 0.3) is 0 Å². The summed E-state index contributed by atoms with van der Waals surface area (Å²) < 4.78 is 9.89. The van der Waals surface area contributed by atoms with E-state index in [1.54, 1.807) is 0 Å². The van der Waals surface area contributed by atoms with Crippen LogP contribution in [0.15, 0.2) is 0 Å². The summed E-state index contributed by atoms with van der Waals surface area (Å²) in [6, 6.07) is 0.432. The van der Waals surface area contributed by atoms with Crippen LogP contribution in [0.4, 0.5) is 5.95 Å². The Labute approximate surface area is 107 Å². The molecule has 1 unspecified atom stereocenters. The standard InChI is InChI=1S/C11H20N4O3/c1-8(7-16)5-4-6-12-9-13-10(17-2)15-11(14-9)18-3/h8,16H,4-7H2,1-3H3,(H,12,13,14,15). The number of aliphatic hydroxyl groups is 1. The van der Waals surface area contributed by atoms with Crippen LogP contribution in [0, 0.1) is 5.92 Å². The molecule has 0 spiro atoms. The summed E-state index contributed by atoms with van der Waals surface area (Å²) in [5, 5.41) is 12.0. The number of nitrogens with zero attached hydrogens (tertiary/aromatic N) is 3. The Hall–Kier alpha value is -1.63. The van der Waals surface area contributed by atoms with E-state index in [-0.39, 0.29) is 18.6 Å². The molecule has 0 amide bonds. The van der Waals surface area contributed by atoms with Crippen molar-refractivity contribution in [2.24, 2.45) is 5.92 Å². The van der Waals surface area contributed by atoms with Gasteiger partial charge in [-0.3, -0.25) is 0 Å². The van der Waals surface area contributed by atoms with Crippen LogP contribution in [-0.4, -0.2) is 47.4 Å². The van der Waals surface area contributed by atoms with Gasteiger partial charge in [0.15, 0.2) is 0 Å². The van der Waals surface area contributed by atoms with Crippen molar-refractivity contribution in [1.82, 2.24) is 15.0 Å². The first-order valence-electron chi connectivity index (χ1n) is 5.88. The molecular weight excluding hydrogens is 236 g/mol. The molecule has 1 atom stereocenters. The van der Waals surface area contributed by atoms with Crippen molar-refractivity contribution < 1.29 is 14.6 Å². The highest BCUT2D eigenvalue weighted by molar-refractivity contribution is 5.27. The molecule has 1 rings (SSSR count). The maximum absolute atomic E-state index is 8.90. The quantitative estimate of drug-likeness (QED) is 0.662. The fourth-order valence-corrected chi connectivity index (χ4v) is 1.34. The predicted octanol–water partition coefficient (Wildman–Crippen LogP) is 0.709. The van der Waals surface area contributed by atoms with Crippen LogP contribution >= 0.6 is 0 Å². The molecule has 2 N–H and O–H groups in total. The summed E-state index contributed by atoms with van der Waals surface area (Å²) in [5.41, 5.74) is 0. The minimum atomic E-state index is 0.216. The normalized spacial score (nSPS) is 12.0. The molecule has 7 nitrogen and oxygen atoms in total. The van der Waals surface area contributed by atoms with E-state index in [9.17, 15) is 0 Å². The molecule has 7 heteroatoms. The predicted molar refractivity (Wildman–Crippen MR) is 66.9 cm³/mol. The molecule has 1 aromatic rings. The molecule has 0 bridgehead atoms. The molecule has 0 saturated heterocycles. The number of aromatic nitrogens is 3. The van der Waals surface area contributed by atoms with Gasteiger partial charge >= 0.3 is 12.0 Å². The number of methoxy groups -OCH3 is 2. The molecule has 0 aromatic carbocycles. The lowest BCUT2D eigenvalue weighted by Crippen LogP contribution is -2.10. The number of hydrogen-bond donors (Lipinski definition) is 2. The summed E-state index contributed by atoms with van der Waals surface area (Å²) in [6.45, 7) is 2.95. The molecule has 0 aliphatic rings. The minimum Gasteiger partial charge on any atom is -0.467 e. The average molecular weight is 256 g/mol. The molecule has 0 radical (unpaired) electrons. The van der Waals surface area contributed by atoms with Gasteiger partial charge < -0.3 is 19.9 Å². The lowest BCUT2D eigenvalue weighted by atomic mass is 10.1. The van der Waals surface area contributed by atoms with Gasteiger partial charge in [0.2, 0.25) is 5.95 Å². The first kappa shape index (κ1) is 14.4. The number of hydrogen-bond acceptors (Lipinski definition) is 7. The zero-order valence-electron chi connectivity index (χ0n) is 11.0. The van der Waals surface area contributed by atoms with Crippen LogP contribution in [-0.2, 0) is 0 Å². The molecule has 0 aliphatic heterocycles. The second-order valence-corrected chi connectivity index (χ2v) is 3.99. The summed E-state index contributed by atoms with van der Waals surface area (Å²) in [6.07, 6.45) is 1.88. The summed E-state index contributed by atoms with van der Waals surface area (Å²) in [7, 11) is 2.98. The monoisotopic (exact) mass is 256 g/mol. The topological polar surface area (TPSA) is 89.4 Å². The zero-order valence-corrected chi connectivity index (χ0v) is 11.0. The van der Waals surface area contributed by atoms with Crippen molar-refractivity contribution in [2.75, 3.05) is 32.7 Å². The van der Waals surface area contributed by atoms with Gasteiger partial charge in [-0.2, -0.15) is 9.97 Å². The van der Waals surface area contributed by atoms with Crippen molar-refractivity contribution in [3.8, 4) is 12.0 Å². The number of rotatable bonds is 8. The number of nitrogens with one attached hydrogen (secondary N) is 1. The maximum Gasteiger partial charge on any atom is 0.324 e. The molecule has 18 heavy (non-hydrogen) atoms. The first-order valence-corrected chi connectivity index (χ1v) is 5.88. The van der Waals surface area contributed by atoms with Gasteiger partial charge in [0.1, 0.15) is 0 Å². The highest BCUT2D eigenvalue weighted by atomic mass is 16.5. The minimum absolute atomic E-state index is 0.216. The van der Waals surface area contributed by atoms with Crippen molar-refractivity contribution >= 4 is 5.95 Å². The third kappa shape index (κ3) is 4.70. The zero-order chi connectivity index (χ0) is 13.4. The number of aliphatic hydroxyl groups excluding tert-OH is 1. The Morgan fingerprint density at radius 1 is 1.17 bits per heavy atom. The van der Waals surface area contributed by atoms with Gasteiger partial charge in [-0.25, -0.2) is 0 Å². The molecule has 0 saturated carbocycles. The molecule has 1 aromatic heterocycles. The number of ether oxygens (including phenoxy) is 2. The SMILES string of the molecule is COc1nc(NCCCC(C)CO)nc(OC)n1. The molecule has 0 fully saturated rings. The van der Waals surface area contributed by atoms with Gasteiger partial charge in [-0.05, 0) is 18.8 Å². The van der Waals surface area contributed by atoms with E-state index in [0.717, 1.165) is 19.4 Å². The van der Waals surface area contributed by atoms with E-state index in [1.165, 1.54) is 14.2 Å². The molecule has 1 heterocycles. The first-order chi connectivity index (χ1) is 8.69. The van der Waals surface area contributed by atoms with Crippen molar-refractivity contribution in [2.45, 2.75) is 19.8 Å². The second-order valence-electron chi connectivity index (χ2n) is 3.99. The van der Waals surface area contributed by atoms with Gasteiger partial charge in [0, 0.05) is 13.2 Å². The molecule has 102 valence electrons. The van der Waals surface area contributed by atoms with Gasteiger partial charge in [-0.1, -0.05) is 6.92 Å². The van der Waals surface area contributed by atoms with Crippen LogP contribution < -0.4 is 14.8 Å². The van der Waals surface area contributed by atoms with Crippen molar-refractivity contribution in [3.63, 3.8) is 0 Å². The van der Waals surface area contributed by atoms with Crippen molar-refractivity contribution in [3.05, 3.63) is 0 Å². The Morgan fingerprint density at radius 3 is 2.28 bits per heavy atom. The van der Waals surface area contributed by atoms with E-state index in [0.29, 0.717) is 11.9 Å². The van der Waals surface area contributed by atoms with Crippen molar-refractivity contribution in [1.29, 1.82) is 0 Å². The van der Waals surface area contributed by atoms with Gasteiger partial charge in [0.05, 0.1) is 14.2 Å². The van der Waals surface area contributed by atoms with E-state index in [2.05, 4.69) is 20.3 Å². The number of anilines is 1. The largest absolute Gasteiger partial charge is 0.467 e. The van der Waals surface area contributed by atoms with E-state index >= 15 is 0 Å². The average Bonchev–Trinajstić information content (AvgIpc) is 2.42. The van der Waals surface area contributed by atoms with Crippen LogP contribution in [0.25, 0.3) is 0 Å². The second kappa shape index (κ2) is 7.65. The molecule has 0 aliphatic carbocycles. The summed E-state index contributed by atoms with van der Waals surface area (Å²) in [4.78, 5) is 12.0. The van der Waals surface area contributed by atoms with Crippen LogP contribution in [0.5, 0.6) is 12.0 Å². The Bertz CT molecular complexity index is 340. The Morgan fingerprint density at radius 2 is 1.78 bits per heavy atom. The smallest absolute Gasteiger partial charge is 0.324 e. The van der Waals surface area contributed by atoms with Crippen LogP contribution in [0.3, 0.4) is 0 Å². The Balaban J connectivity index is 2.46. The van der Waals surface area contributed by atoms with E-state index < -0.39 is 0 Å². The third-order valence-corrected chi connectivity index (χ3v) is 2.43. The Kier molecular flexibility index (Phi) is 6.13. The summed E-state index contributed by atoms with van der Waals surface area (Å²) in [5.74, 6) is 0.740. The lowest BCUT2D eigenvalue weighted by molar-refractivity contribution is 0.229. The lowest BCUT2D eigenvalue weighted by Gasteiger charge is -2.09. The van der Waals surface area contributed by atoms with Crippen LogP contribution in [0.2, 0.25) is 0 Å². The maximum atomic E-state index is 8.90. The van der Waals surface area contributed by atoms with E-state index in [1.807, 2.05) is 6.92 Å². The third-order valence-electron chi connectivity index (χ3n) is 2.43. The molecular formula is C11H20N4O3.